The van der Waals surface area contributed by atoms with Crippen LogP contribution in [0.5, 0.6) is 0 Å². The molecule has 0 atom stereocenters. The molecule has 2 aliphatic rings. The van der Waals surface area contributed by atoms with Gasteiger partial charge >= 0.3 is 0 Å². The van der Waals surface area contributed by atoms with Crippen LogP contribution in [0.15, 0.2) is 218 Å². The Morgan fingerprint density at radius 3 is 1.75 bits per heavy atom. The van der Waals surface area contributed by atoms with Crippen LogP contribution in [-0.2, 0) is 12.8 Å². The number of allylic oxidation sites excluding steroid dienone is 1. The van der Waals surface area contributed by atoms with Crippen molar-refractivity contribution in [1.82, 2.24) is 0 Å². The molecule has 9 aromatic rings. The van der Waals surface area contributed by atoms with Crippen molar-refractivity contribution in [2.24, 2.45) is 0 Å². The molecule has 1 aliphatic heterocycles. The van der Waals surface area contributed by atoms with Gasteiger partial charge in [0, 0.05) is 57.2 Å². The van der Waals surface area contributed by atoms with Crippen LogP contribution >= 0.6 is 0 Å². The molecule has 0 aromatic heterocycles. The van der Waals surface area contributed by atoms with Gasteiger partial charge in [0.1, 0.15) is 0 Å². The first-order valence-corrected chi connectivity index (χ1v) is 20.9. The van der Waals surface area contributed by atoms with E-state index in [2.05, 4.69) is 239 Å². The van der Waals surface area contributed by atoms with Crippen molar-refractivity contribution >= 4 is 68.0 Å². The average Bonchev–Trinajstić information content (AvgIpc) is 3.32. The molecule has 0 bridgehead atoms. The third-order valence-corrected chi connectivity index (χ3v) is 12.1. The summed E-state index contributed by atoms with van der Waals surface area (Å²) in [7, 11) is 0. The molecule has 60 heavy (non-hydrogen) atoms. The molecule has 0 saturated heterocycles. The van der Waals surface area contributed by atoms with E-state index < -0.39 is 0 Å². The SMILES string of the molecule is C1=Cc2c(cccc2N(c2ccccc2)c2ccc(-c3ccc4c(c3)Cc3ccccc3N4c3ccc(N(c4ccccc4)c4cccc5ccccc45)cc3)cc2)CC1. The Kier molecular flexibility index (Phi) is 9.05. The van der Waals surface area contributed by atoms with Crippen LogP contribution in [-0.4, -0.2) is 0 Å². The summed E-state index contributed by atoms with van der Waals surface area (Å²) in [6.45, 7) is 0. The van der Waals surface area contributed by atoms with Crippen molar-refractivity contribution < 1.29 is 0 Å². The summed E-state index contributed by atoms with van der Waals surface area (Å²) in [5.74, 6) is 0. The lowest BCUT2D eigenvalue weighted by Gasteiger charge is -2.34. The zero-order valence-electron chi connectivity index (χ0n) is 33.3. The molecular formula is C57H43N3. The van der Waals surface area contributed by atoms with Gasteiger partial charge in [-0.05, 0) is 137 Å². The standard InChI is InChI=1S/C57H43N3/c1-3-20-47(21-4-1)58(56-27-13-18-42-15-7-10-24-52(42)56)49-32-29-41(30-33-49)44-31-38-55-46(39-44)40-45-17-9-12-26-54(45)60(55)51-36-34-50(35-37-51)59(48-22-5-2-6-23-48)57-28-14-19-43-16-8-11-25-53(43)57/h1-6,8-14,16-39H,7,15,40H2. The van der Waals surface area contributed by atoms with Crippen molar-refractivity contribution in [3.05, 3.63) is 241 Å². The lowest BCUT2D eigenvalue weighted by atomic mass is 9.92. The minimum Gasteiger partial charge on any atom is -0.310 e. The summed E-state index contributed by atoms with van der Waals surface area (Å²) in [6.07, 6.45) is 7.64. The van der Waals surface area contributed by atoms with Crippen LogP contribution in [0, 0.1) is 0 Å². The molecule has 9 aromatic carbocycles. The van der Waals surface area contributed by atoms with E-state index in [-0.39, 0.29) is 0 Å². The lowest BCUT2D eigenvalue weighted by molar-refractivity contribution is 0.984. The van der Waals surface area contributed by atoms with Gasteiger partial charge < -0.3 is 14.7 Å². The van der Waals surface area contributed by atoms with E-state index in [0.717, 1.165) is 53.4 Å². The number of hydrogen-bond donors (Lipinski definition) is 0. The van der Waals surface area contributed by atoms with Crippen LogP contribution in [0.3, 0.4) is 0 Å². The molecular weight excluding hydrogens is 727 g/mol. The van der Waals surface area contributed by atoms with Crippen LogP contribution in [0.25, 0.3) is 28.0 Å². The number of aryl methyl sites for hydroxylation is 1. The van der Waals surface area contributed by atoms with E-state index >= 15 is 0 Å². The second-order valence-electron chi connectivity index (χ2n) is 15.7. The monoisotopic (exact) mass is 769 g/mol. The number of para-hydroxylation sites is 3. The fraction of sp³-hybridized carbons (Fsp3) is 0.0526. The summed E-state index contributed by atoms with van der Waals surface area (Å²) < 4.78 is 0. The fourth-order valence-corrected chi connectivity index (χ4v) is 9.23. The van der Waals surface area contributed by atoms with Crippen molar-refractivity contribution in [1.29, 1.82) is 0 Å². The highest BCUT2D eigenvalue weighted by Gasteiger charge is 2.25. The molecule has 1 aliphatic carbocycles. The number of nitrogens with zero attached hydrogens (tertiary/aromatic N) is 3. The molecule has 0 radical (unpaired) electrons. The molecule has 1 heterocycles. The summed E-state index contributed by atoms with van der Waals surface area (Å²) in [6, 6.07) is 77.3. The van der Waals surface area contributed by atoms with Gasteiger partial charge in [-0.2, -0.15) is 0 Å². The van der Waals surface area contributed by atoms with E-state index in [4.69, 9.17) is 0 Å². The first kappa shape index (κ1) is 35.5. The highest BCUT2D eigenvalue weighted by atomic mass is 15.2. The van der Waals surface area contributed by atoms with Crippen LogP contribution in [0.1, 0.15) is 28.7 Å². The smallest absolute Gasteiger partial charge is 0.0540 e. The van der Waals surface area contributed by atoms with E-state index in [1.165, 1.54) is 61.2 Å². The quantitative estimate of drug-likeness (QED) is 0.152. The van der Waals surface area contributed by atoms with Gasteiger partial charge in [0.25, 0.3) is 0 Å². The number of anilines is 9. The Balaban J connectivity index is 0.945. The van der Waals surface area contributed by atoms with E-state index in [9.17, 15) is 0 Å². The second kappa shape index (κ2) is 15.3. The van der Waals surface area contributed by atoms with Crippen LogP contribution < -0.4 is 14.7 Å². The fourth-order valence-electron chi connectivity index (χ4n) is 9.23. The third kappa shape index (κ3) is 6.42. The zero-order valence-corrected chi connectivity index (χ0v) is 33.3. The topological polar surface area (TPSA) is 9.72 Å². The predicted molar refractivity (Wildman–Crippen MR) is 254 cm³/mol. The minimum absolute atomic E-state index is 0.878. The Hall–Kier alpha value is -7.62. The van der Waals surface area contributed by atoms with Gasteiger partial charge in [-0.15, -0.1) is 0 Å². The van der Waals surface area contributed by atoms with Gasteiger partial charge in [0.05, 0.1) is 11.4 Å². The highest BCUT2D eigenvalue weighted by molar-refractivity contribution is 5.99. The van der Waals surface area contributed by atoms with Crippen molar-refractivity contribution in [3.8, 4) is 11.1 Å². The molecule has 0 N–H and O–H groups in total. The van der Waals surface area contributed by atoms with Crippen molar-refractivity contribution in [2.45, 2.75) is 19.3 Å². The average molecular weight is 770 g/mol. The van der Waals surface area contributed by atoms with Gasteiger partial charge in [-0.3, -0.25) is 0 Å². The maximum absolute atomic E-state index is 2.43. The largest absolute Gasteiger partial charge is 0.310 e. The van der Waals surface area contributed by atoms with Gasteiger partial charge in [0.2, 0.25) is 0 Å². The number of rotatable bonds is 8. The van der Waals surface area contributed by atoms with Crippen molar-refractivity contribution in [3.63, 3.8) is 0 Å². The van der Waals surface area contributed by atoms with E-state index in [1.807, 2.05) is 0 Å². The van der Waals surface area contributed by atoms with Crippen molar-refractivity contribution in [2.75, 3.05) is 14.7 Å². The van der Waals surface area contributed by atoms with Crippen LogP contribution in [0.4, 0.5) is 51.2 Å². The normalized spacial score (nSPS) is 12.7. The maximum atomic E-state index is 2.43. The van der Waals surface area contributed by atoms with E-state index in [1.54, 1.807) is 0 Å². The molecule has 3 heteroatoms. The molecule has 11 rings (SSSR count). The summed E-state index contributed by atoms with van der Waals surface area (Å²) >= 11 is 0. The minimum atomic E-state index is 0.878. The molecule has 286 valence electrons. The first-order valence-electron chi connectivity index (χ1n) is 20.9. The van der Waals surface area contributed by atoms with Crippen LogP contribution in [0.2, 0.25) is 0 Å². The maximum Gasteiger partial charge on any atom is 0.0540 e. The molecule has 0 fully saturated rings. The van der Waals surface area contributed by atoms with Gasteiger partial charge in [-0.25, -0.2) is 0 Å². The highest BCUT2D eigenvalue weighted by Crippen LogP contribution is 2.47. The summed E-state index contributed by atoms with van der Waals surface area (Å²) in [5.41, 5.74) is 18.2. The Labute approximate surface area is 352 Å². The van der Waals surface area contributed by atoms with E-state index in [0.29, 0.717) is 0 Å². The Morgan fingerprint density at radius 2 is 0.967 bits per heavy atom. The molecule has 0 spiro atoms. The number of benzene rings is 9. The zero-order chi connectivity index (χ0) is 39.8. The third-order valence-electron chi connectivity index (χ3n) is 12.1. The van der Waals surface area contributed by atoms with Gasteiger partial charge in [-0.1, -0.05) is 133 Å². The molecule has 3 nitrogen and oxygen atoms in total. The molecule has 0 amide bonds. The first-order chi connectivity index (χ1) is 29.8. The summed E-state index contributed by atoms with van der Waals surface area (Å²) in [4.78, 5) is 7.19. The molecule has 0 unspecified atom stereocenters. The summed E-state index contributed by atoms with van der Waals surface area (Å²) in [5, 5.41) is 2.44. The lowest BCUT2D eigenvalue weighted by Crippen LogP contribution is -2.18. The number of fused-ring (bicyclic) bond motifs is 4. The predicted octanol–water partition coefficient (Wildman–Crippen LogP) is 15.8. The number of hydrogen-bond acceptors (Lipinski definition) is 3. The van der Waals surface area contributed by atoms with Gasteiger partial charge in [0.15, 0.2) is 0 Å². The Bertz CT molecular complexity index is 3000. The second-order valence-corrected chi connectivity index (χ2v) is 15.7. The Morgan fingerprint density at radius 1 is 0.400 bits per heavy atom. The molecule has 0 saturated carbocycles.